The summed E-state index contributed by atoms with van der Waals surface area (Å²) in [5.41, 5.74) is 0.744. The fourth-order valence-corrected chi connectivity index (χ4v) is 13.0. The zero-order valence-corrected chi connectivity index (χ0v) is 15.2. The summed E-state index contributed by atoms with van der Waals surface area (Å²) in [5, 5.41) is 0. The topological polar surface area (TPSA) is 0 Å². The van der Waals surface area contributed by atoms with E-state index >= 15 is 0 Å². The van der Waals surface area contributed by atoms with Gasteiger partial charge in [0.25, 0.3) is 6.69 Å². The molecule has 4 fully saturated rings. The molecule has 0 heterocycles. The van der Waals surface area contributed by atoms with Gasteiger partial charge in [0.2, 0.25) is 0 Å². The number of halogens is 2. The highest BCUT2D eigenvalue weighted by Gasteiger charge is 2.60. The van der Waals surface area contributed by atoms with Gasteiger partial charge in [0.1, 0.15) is 0 Å². The summed E-state index contributed by atoms with van der Waals surface area (Å²) in [5.74, 6) is 5.95. The zero-order valence-electron chi connectivity index (χ0n) is 12.7. The highest BCUT2D eigenvalue weighted by Crippen LogP contribution is 2.67. The van der Waals surface area contributed by atoms with Gasteiger partial charge in [-0.2, -0.15) is 0 Å². The molecular weight excluding hydrogens is 303 g/mol. The van der Waals surface area contributed by atoms with Crippen LogP contribution in [-0.2, 0) is 0 Å². The third kappa shape index (κ3) is 2.14. The van der Waals surface area contributed by atoms with Crippen molar-refractivity contribution in [2.24, 2.45) is 35.5 Å². The molecule has 7 atom stereocenters. The molecule has 0 aromatic heterocycles. The first-order valence-corrected chi connectivity index (χ1v) is 13.3. The van der Waals surface area contributed by atoms with E-state index in [1.54, 1.807) is 0 Å². The average Bonchev–Trinajstić information content (AvgIpc) is 3.16. The maximum atomic E-state index is 7.02. The molecule has 0 radical (unpaired) electrons. The highest BCUT2D eigenvalue weighted by atomic mass is 35.7. The van der Waals surface area contributed by atoms with Gasteiger partial charge in [0, 0.05) is 0 Å². The first-order chi connectivity index (χ1) is 9.60. The summed E-state index contributed by atoms with van der Waals surface area (Å²) in [6.07, 6.45) is 11.7. The molecule has 4 rings (SSSR count). The van der Waals surface area contributed by atoms with Gasteiger partial charge in [-0.3, -0.25) is 0 Å². The molecular formula is C17H28Cl2Si. The summed E-state index contributed by atoms with van der Waals surface area (Å²) in [4.78, 5) is 0. The lowest BCUT2D eigenvalue weighted by Gasteiger charge is -2.43. The predicted molar refractivity (Wildman–Crippen MR) is 89.6 cm³/mol. The van der Waals surface area contributed by atoms with Crippen molar-refractivity contribution in [1.29, 1.82) is 0 Å². The minimum atomic E-state index is -2.04. The fourth-order valence-electron chi connectivity index (χ4n) is 6.84. The summed E-state index contributed by atoms with van der Waals surface area (Å²) in [7, 11) is 0. The molecule has 0 N–H and O–H groups in total. The fraction of sp³-hybridized carbons (Fsp3) is 1.00. The minimum absolute atomic E-state index is 0.744. The van der Waals surface area contributed by atoms with Crippen LogP contribution in [0.2, 0.25) is 11.6 Å². The smallest absolute Gasteiger partial charge is 0.146 e. The monoisotopic (exact) mass is 330 g/mol. The van der Waals surface area contributed by atoms with E-state index in [9.17, 15) is 0 Å². The maximum absolute atomic E-state index is 7.02. The second-order valence-corrected chi connectivity index (χ2v) is 15.6. The van der Waals surface area contributed by atoms with Crippen molar-refractivity contribution in [3.63, 3.8) is 0 Å². The van der Waals surface area contributed by atoms with Crippen molar-refractivity contribution in [3.05, 3.63) is 0 Å². The Morgan fingerprint density at radius 2 is 1.65 bits per heavy atom. The van der Waals surface area contributed by atoms with Gasteiger partial charge in [0.05, 0.1) is 0 Å². The third-order valence-corrected chi connectivity index (χ3v) is 13.0. The van der Waals surface area contributed by atoms with Crippen LogP contribution in [-0.4, -0.2) is 6.69 Å². The summed E-state index contributed by atoms with van der Waals surface area (Å²) in [6.45, 7) is 0.219. The maximum Gasteiger partial charge on any atom is 0.254 e. The van der Waals surface area contributed by atoms with Crippen LogP contribution >= 0.6 is 22.2 Å². The molecule has 0 nitrogen and oxygen atoms in total. The lowest BCUT2D eigenvalue weighted by atomic mass is 9.72. The van der Waals surface area contributed by atoms with E-state index in [0.717, 1.165) is 47.1 Å². The van der Waals surface area contributed by atoms with Gasteiger partial charge in [-0.15, -0.1) is 22.2 Å². The van der Waals surface area contributed by atoms with Crippen LogP contribution in [0.25, 0.3) is 0 Å². The molecule has 0 aromatic carbocycles. The molecule has 0 saturated heterocycles. The summed E-state index contributed by atoms with van der Waals surface area (Å²) < 4.78 is 0. The molecule has 114 valence electrons. The van der Waals surface area contributed by atoms with Crippen molar-refractivity contribution in [2.75, 3.05) is 0 Å². The standard InChI is InChI=1S/C17H28Cl2Si/c1-2-7-20(18,19)17-14-6-5-13(10-14)16(17)15-9-11-3-4-12(15)8-11/h11-17H,2-10H2,1H3. The van der Waals surface area contributed by atoms with Crippen LogP contribution in [0.5, 0.6) is 0 Å². The van der Waals surface area contributed by atoms with Crippen LogP contribution in [0, 0.1) is 35.5 Å². The summed E-state index contributed by atoms with van der Waals surface area (Å²) in [6, 6.07) is 1.13. The minimum Gasteiger partial charge on any atom is -0.146 e. The van der Waals surface area contributed by atoms with E-state index in [-0.39, 0.29) is 0 Å². The van der Waals surface area contributed by atoms with Crippen molar-refractivity contribution >= 4 is 28.9 Å². The molecule has 20 heavy (non-hydrogen) atoms. The Morgan fingerprint density at radius 3 is 2.30 bits per heavy atom. The number of rotatable bonds is 4. The van der Waals surface area contributed by atoms with Crippen molar-refractivity contribution < 1.29 is 0 Å². The number of hydrogen-bond acceptors (Lipinski definition) is 0. The van der Waals surface area contributed by atoms with Crippen molar-refractivity contribution in [2.45, 2.75) is 69.9 Å². The quantitative estimate of drug-likeness (QED) is 0.427. The molecule has 0 spiro atoms. The lowest BCUT2D eigenvalue weighted by Crippen LogP contribution is -2.40. The Hall–Kier alpha value is 0.797. The van der Waals surface area contributed by atoms with E-state index in [1.807, 2.05) is 0 Å². The molecule has 0 aromatic rings. The Morgan fingerprint density at radius 1 is 0.900 bits per heavy atom. The Labute approximate surface area is 134 Å². The van der Waals surface area contributed by atoms with Crippen LogP contribution in [0.4, 0.5) is 0 Å². The van der Waals surface area contributed by atoms with Gasteiger partial charge in [0.15, 0.2) is 0 Å². The van der Waals surface area contributed by atoms with E-state index < -0.39 is 6.69 Å². The molecule has 0 aliphatic heterocycles. The van der Waals surface area contributed by atoms with E-state index in [0.29, 0.717) is 0 Å². The normalized spacial score (nSPS) is 50.2. The van der Waals surface area contributed by atoms with E-state index in [2.05, 4.69) is 6.92 Å². The molecule has 4 aliphatic carbocycles. The lowest BCUT2D eigenvalue weighted by molar-refractivity contribution is 0.162. The second kappa shape index (κ2) is 5.17. The third-order valence-electron chi connectivity index (χ3n) is 7.34. The van der Waals surface area contributed by atoms with E-state index in [4.69, 9.17) is 22.2 Å². The molecule has 4 aliphatic rings. The van der Waals surface area contributed by atoms with Gasteiger partial charge >= 0.3 is 0 Å². The second-order valence-electron chi connectivity index (χ2n) is 8.29. The van der Waals surface area contributed by atoms with E-state index in [1.165, 1.54) is 51.4 Å². The molecule has 3 heteroatoms. The Balaban J connectivity index is 1.60. The van der Waals surface area contributed by atoms with Crippen molar-refractivity contribution in [3.8, 4) is 0 Å². The van der Waals surface area contributed by atoms with Crippen LogP contribution in [0.15, 0.2) is 0 Å². The van der Waals surface area contributed by atoms with Crippen molar-refractivity contribution in [1.82, 2.24) is 0 Å². The van der Waals surface area contributed by atoms with Crippen LogP contribution < -0.4 is 0 Å². The highest BCUT2D eigenvalue weighted by molar-refractivity contribution is 7.46. The predicted octanol–water partition coefficient (Wildman–Crippen LogP) is 6.17. The van der Waals surface area contributed by atoms with Gasteiger partial charge in [-0.25, -0.2) is 0 Å². The average molecular weight is 331 g/mol. The molecule has 4 saturated carbocycles. The SMILES string of the molecule is CCC[Si](Cl)(Cl)C1C2CCC(C2)C1C1CC2CCC1C2. The largest absolute Gasteiger partial charge is 0.254 e. The van der Waals surface area contributed by atoms with Gasteiger partial charge in [-0.05, 0) is 79.2 Å². The van der Waals surface area contributed by atoms with Gasteiger partial charge in [-0.1, -0.05) is 26.2 Å². The number of fused-ring (bicyclic) bond motifs is 4. The van der Waals surface area contributed by atoms with Crippen LogP contribution in [0.3, 0.4) is 0 Å². The first-order valence-electron chi connectivity index (χ1n) is 8.98. The zero-order chi connectivity index (χ0) is 13.9. The molecule has 4 bridgehead atoms. The molecule has 0 amide bonds. The van der Waals surface area contributed by atoms with Crippen LogP contribution in [0.1, 0.15) is 58.3 Å². The Kier molecular flexibility index (Phi) is 3.72. The first kappa shape index (κ1) is 14.4. The molecule has 7 unspecified atom stereocenters. The number of hydrogen-bond donors (Lipinski definition) is 0. The van der Waals surface area contributed by atoms with Gasteiger partial charge < -0.3 is 0 Å². The Bertz CT molecular complexity index is 383. The summed E-state index contributed by atoms with van der Waals surface area (Å²) >= 11 is 14.0.